The lowest BCUT2D eigenvalue weighted by Crippen LogP contribution is -2.26. The fourth-order valence-electron chi connectivity index (χ4n) is 2.19. The predicted octanol–water partition coefficient (Wildman–Crippen LogP) is 1.31. The molecule has 1 aliphatic rings. The van der Waals surface area contributed by atoms with Gasteiger partial charge in [0, 0.05) is 43.5 Å². The maximum atomic E-state index is 5.91. The highest BCUT2D eigenvalue weighted by atomic mass is 15.3. The van der Waals surface area contributed by atoms with Crippen molar-refractivity contribution in [2.24, 2.45) is 5.73 Å². The van der Waals surface area contributed by atoms with Crippen molar-refractivity contribution in [1.29, 1.82) is 0 Å². The van der Waals surface area contributed by atoms with Gasteiger partial charge in [0.2, 0.25) is 0 Å². The molecule has 1 aromatic heterocycles. The molecule has 2 heterocycles. The van der Waals surface area contributed by atoms with Gasteiger partial charge in [-0.25, -0.2) is 0 Å². The quantitative estimate of drug-likeness (QED) is 0.838. The fraction of sp³-hybridized carbons (Fsp3) is 0.750. The van der Waals surface area contributed by atoms with Gasteiger partial charge in [-0.2, -0.15) is 5.10 Å². The summed E-state index contributed by atoms with van der Waals surface area (Å²) in [5.41, 5.74) is 8.39. The second kappa shape index (κ2) is 4.55. The van der Waals surface area contributed by atoms with Crippen molar-refractivity contribution < 1.29 is 0 Å². The summed E-state index contributed by atoms with van der Waals surface area (Å²) in [5.74, 6) is 0. The summed E-state index contributed by atoms with van der Waals surface area (Å²) >= 11 is 0. The maximum absolute atomic E-state index is 5.91. The molecule has 0 aromatic carbocycles. The predicted molar refractivity (Wildman–Crippen MR) is 65.2 cm³/mol. The average molecular weight is 222 g/mol. The van der Waals surface area contributed by atoms with Crippen molar-refractivity contribution in [2.75, 3.05) is 13.1 Å². The lowest BCUT2D eigenvalue weighted by atomic mass is 10.2. The van der Waals surface area contributed by atoms with Gasteiger partial charge < -0.3 is 5.73 Å². The van der Waals surface area contributed by atoms with Gasteiger partial charge in [0.05, 0.1) is 5.69 Å². The van der Waals surface area contributed by atoms with Crippen molar-refractivity contribution in [3.8, 4) is 0 Å². The topological polar surface area (TPSA) is 47.1 Å². The molecule has 1 saturated heterocycles. The summed E-state index contributed by atoms with van der Waals surface area (Å²) in [7, 11) is 0. The molecule has 0 aliphatic carbocycles. The third-order valence-corrected chi connectivity index (χ3v) is 3.25. The van der Waals surface area contributed by atoms with E-state index in [0.717, 1.165) is 31.7 Å². The lowest BCUT2D eigenvalue weighted by Gasteiger charge is -2.14. The van der Waals surface area contributed by atoms with Gasteiger partial charge in [0.15, 0.2) is 0 Å². The fourth-order valence-corrected chi connectivity index (χ4v) is 2.19. The van der Waals surface area contributed by atoms with Crippen LogP contribution < -0.4 is 5.73 Å². The third kappa shape index (κ3) is 2.44. The maximum Gasteiger partial charge on any atom is 0.0638 e. The van der Waals surface area contributed by atoms with Crippen LogP contribution in [0, 0.1) is 6.92 Å². The Morgan fingerprint density at radius 2 is 2.31 bits per heavy atom. The van der Waals surface area contributed by atoms with Crippen LogP contribution in [0.25, 0.3) is 0 Å². The number of likely N-dealkylation sites (tertiary alicyclic amines) is 1. The average Bonchev–Trinajstić information content (AvgIpc) is 2.75. The first kappa shape index (κ1) is 11.6. The highest BCUT2D eigenvalue weighted by Gasteiger charge is 2.20. The molecule has 0 amide bonds. The molecule has 4 nitrogen and oxygen atoms in total. The Morgan fingerprint density at radius 3 is 2.81 bits per heavy atom. The van der Waals surface area contributed by atoms with Crippen LogP contribution in [0.3, 0.4) is 0 Å². The molecule has 1 unspecified atom stereocenters. The van der Waals surface area contributed by atoms with Gasteiger partial charge in [0.25, 0.3) is 0 Å². The molecule has 1 aromatic rings. The molecule has 0 radical (unpaired) electrons. The molecular formula is C12H22N4. The molecule has 2 N–H and O–H groups in total. The minimum absolute atomic E-state index is 0.362. The molecular weight excluding hydrogens is 200 g/mol. The first-order valence-corrected chi connectivity index (χ1v) is 6.09. The minimum atomic E-state index is 0.362. The van der Waals surface area contributed by atoms with E-state index in [1.54, 1.807) is 0 Å². The molecule has 4 heteroatoms. The summed E-state index contributed by atoms with van der Waals surface area (Å²) < 4.78 is 2.04. The number of nitrogens with zero attached hydrogens (tertiary/aromatic N) is 3. The summed E-state index contributed by atoms with van der Waals surface area (Å²) in [5, 5.41) is 4.53. The van der Waals surface area contributed by atoms with Crippen LogP contribution in [-0.2, 0) is 6.54 Å². The third-order valence-electron chi connectivity index (χ3n) is 3.25. The number of nitrogens with two attached hydrogens (primary N) is 1. The Morgan fingerprint density at radius 1 is 1.56 bits per heavy atom. The van der Waals surface area contributed by atoms with E-state index in [1.807, 2.05) is 4.68 Å². The normalized spacial score (nSPS) is 22.2. The molecule has 0 bridgehead atoms. The zero-order valence-corrected chi connectivity index (χ0v) is 10.5. The van der Waals surface area contributed by atoms with Crippen molar-refractivity contribution in [3.05, 3.63) is 17.5 Å². The monoisotopic (exact) mass is 222 g/mol. The first-order chi connectivity index (χ1) is 7.56. The molecule has 90 valence electrons. The van der Waals surface area contributed by atoms with Gasteiger partial charge in [-0.1, -0.05) is 0 Å². The van der Waals surface area contributed by atoms with Gasteiger partial charge in [-0.15, -0.1) is 0 Å². The van der Waals surface area contributed by atoms with Crippen LogP contribution in [0.1, 0.15) is 37.6 Å². The van der Waals surface area contributed by atoms with Gasteiger partial charge >= 0.3 is 0 Å². The van der Waals surface area contributed by atoms with Crippen LogP contribution in [0.2, 0.25) is 0 Å². The van der Waals surface area contributed by atoms with E-state index >= 15 is 0 Å². The van der Waals surface area contributed by atoms with Gasteiger partial charge in [-0.05, 0) is 27.2 Å². The van der Waals surface area contributed by atoms with E-state index in [4.69, 9.17) is 5.73 Å². The lowest BCUT2D eigenvalue weighted by molar-refractivity contribution is 0.326. The molecule has 2 rings (SSSR count). The molecule has 1 fully saturated rings. The Bertz CT molecular complexity index is 356. The molecule has 16 heavy (non-hydrogen) atoms. The zero-order valence-electron chi connectivity index (χ0n) is 10.5. The number of hydrogen-bond acceptors (Lipinski definition) is 3. The van der Waals surface area contributed by atoms with E-state index in [9.17, 15) is 0 Å². The molecule has 0 saturated carbocycles. The second-order valence-electron chi connectivity index (χ2n) is 5.10. The number of aromatic nitrogens is 2. The Kier molecular flexibility index (Phi) is 3.30. The number of rotatable bonds is 3. The van der Waals surface area contributed by atoms with Crippen molar-refractivity contribution in [2.45, 2.75) is 45.8 Å². The SMILES string of the molecule is Cc1nn(C(C)C)cc1CN1CCC(N)C1. The summed E-state index contributed by atoms with van der Waals surface area (Å²) in [4.78, 5) is 2.42. The van der Waals surface area contributed by atoms with Crippen LogP contribution in [0.5, 0.6) is 0 Å². The van der Waals surface area contributed by atoms with Crippen LogP contribution in [-0.4, -0.2) is 33.8 Å². The van der Waals surface area contributed by atoms with Crippen molar-refractivity contribution in [3.63, 3.8) is 0 Å². The van der Waals surface area contributed by atoms with E-state index in [2.05, 4.69) is 37.0 Å². The highest BCUT2D eigenvalue weighted by molar-refractivity contribution is 5.15. The van der Waals surface area contributed by atoms with Crippen LogP contribution >= 0.6 is 0 Å². The van der Waals surface area contributed by atoms with Gasteiger partial charge in [0.1, 0.15) is 0 Å². The van der Waals surface area contributed by atoms with E-state index in [1.165, 1.54) is 5.56 Å². The standard InChI is InChI=1S/C12H22N4/c1-9(2)16-7-11(10(3)14-16)6-15-5-4-12(13)8-15/h7,9,12H,4-6,8,13H2,1-3H3. The van der Waals surface area contributed by atoms with E-state index in [0.29, 0.717) is 12.1 Å². The molecule has 1 atom stereocenters. The molecule has 1 aliphatic heterocycles. The van der Waals surface area contributed by atoms with E-state index < -0.39 is 0 Å². The van der Waals surface area contributed by atoms with Crippen molar-refractivity contribution >= 4 is 0 Å². The van der Waals surface area contributed by atoms with E-state index in [-0.39, 0.29) is 0 Å². The number of aryl methyl sites for hydroxylation is 1. The van der Waals surface area contributed by atoms with Crippen LogP contribution in [0.4, 0.5) is 0 Å². The van der Waals surface area contributed by atoms with Crippen molar-refractivity contribution in [1.82, 2.24) is 14.7 Å². The smallest absolute Gasteiger partial charge is 0.0638 e. The minimum Gasteiger partial charge on any atom is -0.326 e. The first-order valence-electron chi connectivity index (χ1n) is 6.09. The summed E-state index contributed by atoms with van der Waals surface area (Å²) in [6.07, 6.45) is 3.29. The number of hydrogen-bond donors (Lipinski definition) is 1. The Hall–Kier alpha value is -0.870. The summed E-state index contributed by atoms with van der Waals surface area (Å²) in [6, 6.07) is 0.800. The molecule has 0 spiro atoms. The Balaban J connectivity index is 2.04. The zero-order chi connectivity index (χ0) is 11.7. The van der Waals surface area contributed by atoms with Gasteiger partial charge in [-0.3, -0.25) is 9.58 Å². The highest BCUT2D eigenvalue weighted by Crippen LogP contribution is 2.16. The Labute approximate surface area is 97.4 Å². The second-order valence-corrected chi connectivity index (χ2v) is 5.10. The summed E-state index contributed by atoms with van der Waals surface area (Å²) in [6.45, 7) is 9.53. The largest absolute Gasteiger partial charge is 0.326 e. The van der Waals surface area contributed by atoms with Crippen LogP contribution in [0.15, 0.2) is 6.20 Å².